The summed E-state index contributed by atoms with van der Waals surface area (Å²) >= 11 is 6.15. The molecule has 2 N–H and O–H groups in total. The van der Waals surface area contributed by atoms with Gasteiger partial charge >= 0.3 is 0 Å². The molecule has 3 aromatic rings. The maximum absolute atomic E-state index is 12.2. The summed E-state index contributed by atoms with van der Waals surface area (Å²) in [6, 6.07) is 19.2. The summed E-state index contributed by atoms with van der Waals surface area (Å²) in [5.41, 5.74) is 4.00. The van der Waals surface area contributed by atoms with Crippen LogP contribution in [0.4, 0.5) is 11.5 Å². The third-order valence-electron chi connectivity index (χ3n) is 4.08. The number of anilines is 2. The Bertz CT molecular complexity index is 894. The summed E-state index contributed by atoms with van der Waals surface area (Å²) in [4.78, 5) is 16.5. The molecule has 0 aliphatic heterocycles. The van der Waals surface area contributed by atoms with Crippen molar-refractivity contribution in [3.05, 3.63) is 88.6 Å². The molecule has 0 saturated carbocycles. The molecule has 0 radical (unpaired) electrons. The van der Waals surface area contributed by atoms with Crippen LogP contribution in [-0.2, 0) is 17.8 Å². The first kappa shape index (κ1) is 18.0. The van der Waals surface area contributed by atoms with Gasteiger partial charge in [-0.25, -0.2) is 4.98 Å². The van der Waals surface area contributed by atoms with Crippen LogP contribution in [0.2, 0.25) is 5.02 Å². The molecule has 0 aliphatic carbocycles. The third kappa shape index (κ3) is 4.83. The molecule has 0 aliphatic rings. The van der Waals surface area contributed by atoms with E-state index in [9.17, 15) is 4.79 Å². The number of hydrogen-bond acceptors (Lipinski definition) is 3. The van der Waals surface area contributed by atoms with Crippen molar-refractivity contribution in [2.75, 3.05) is 10.6 Å². The van der Waals surface area contributed by atoms with Gasteiger partial charge in [0.15, 0.2) is 0 Å². The highest BCUT2D eigenvalue weighted by Crippen LogP contribution is 2.17. The standard InChI is InChI=1S/C21H20ClN3O/c1-15-6-2-3-7-16(15)12-21(26)25-20-11-10-18(14-24-20)23-13-17-8-4-5-9-19(17)22/h2-11,14,23H,12-13H2,1H3,(H,24,25,26). The number of nitrogens with one attached hydrogen (secondary N) is 2. The SMILES string of the molecule is Cc1ccccc1CC(=O)Nc1ccc(NCc2ccccc2Cl)cn1. The molecule has 4 nitrogen and oxygen atoms in total. The number of amides is 1. The maximum atomic E-state index is 12.2. The molecule has 132 valence electrons. The van der Waals surface area contributed by atoms with E-state index in [-0.39, 0.29) is 5.91 Å². The quantitative estimate of drug-likeness (QED) is 0.657. The summed E-state index contributed by atoms with van der Waals surface area (Å²) in [6.45, 7) is 2.61. The summed E-state index contributed by atoms with van der Waals surface area (Å²) in [5, 5.41) is 6.83. The number of pyridine rings is 1. The Balaban J connectivity index is 1.55. The molecule has 1 aromatic heterocycles. The van der Waals surface area contributed by atoms with E-state index in [4.69, 9.17) is 11.6 Å². The van der Waals surface area contributed by atoms with Crippen molar-refractivity contribution in [2.24, 2.45) is 0 Å². The normalized spacial score (nSPS) is 10.4. The lowest BCUT2D eigenvalue weighted by Crippen LogP contribution is -2.15. The van der Waals surface area contributed by atoms with Gasteiger partial charge in [-0.1, -0.05) is 54.1 Å². The van der Waals surface area contributed by atoms with Crippen LogP contribution in [0.15, 0.2) is 66.9 Å². The van der Waals surface area contributed by atoms with Crippen molar-refractivity contribution in [1.82, 2.24) is 4.98 Å². The van der Waals surface area contributed by atoms with Gasteiger partial charge in [-0.2, -0.15) is 0 Å². The molecule has 1 amide bonds. The zero-order chi connectivity index (χ0) is 18.4. The van der Waals surface area contributed by atoms with Gasteiger partial charge in [-0.15, -0.1) is 0 Å². The van der Waals surface area contributed by atoms with Crippen LogP contribution >= 0.6 is 11.6 Å². The Kier molecular flexibility index (Phi) is 5.87. The molecular weight excluding hydrogens is 346 g/mol. The molecule has 2 aromatic carbocycles. The minimum absolute atomic E-state index is 0.0800. The molecule has 0 spiro atoms. The first-order valence-electron chi connectivity index (χ1n) is 8.39. The summed E-state index contributed by atoms with van der Waals surface area (Å²) in [7, 11) is 0. The largest absolute Gasteiger partial charge is 0.380 e. The van der Waals surface area contributed by atoms with Crippen molar-refractivity contribution in [2.45, 2.75) is 19.9 Å². The van der Waals surface area contributed by atoms with Crippen LogP contribution in [0.1, 0.15) is 16.7 Å². The summed E-state index contributed by atoms with van der Waals surface area (Å²) in [6.07, 6.45) is 2.03. The smallest absolute Gasteiger partial charge is 0.229 e. The first-order chi connectivity index (χ1) is 12.6. The van der Waals surface area contributed by atoms with Crippen LogP contribution in [0.5, 0.6) is 0 Å². The lowest BCUT2D eigenvalue weighted by atomic mass is 10.1. The lowest BCUT2D eigenvalue weighted by Gasteiger charge is -2.09. The Morgan fingerprint density at radius 2 is 1.73 bits per heavy atom. The average Bonchev–Trinajstić information content (AvgIpc) is 2.64. The molecule has 5 heteroatoms. The lowest BCUT2D eigenvalue weighted by molar-refractivity contribution is -0.115. The van der Waals surface area contributed by atoms with E-state index in [0.717, 1.165) is 27.4 Å². The number of aromatic nitrogens is 1. The zero-order valence-corrected chi connectivity index (χ0v) is 15.3. The second kappa shape index (κ2) is 8.50. The van der Waals surface area contributed by atoms with Crippen LogP contribution in [0, 0.1) is 6.92 Å². The number of carbonyl (C=O) groups excluding carboxylic acids is 1. The molecule has 3 rings (SSSR count). The predicted octanol–water partition coefficient (Wildman–Crippen LogP) is 4.84. The van der Waals surface area contributed by atoms with Gasteiger partial charge in [-0.3, -0.25) is 4.79 Å². The highest BCUT2D eigenvalue weighted by molar-refractivity contribution is 6.31. The zero-order valence-electron chi connectivity index (χ0n) is 14.5. The van der Waals surface area contributed by atoms with E-state index >= 15 is 0 Å². The third-order valence-corrected chi connectivity index (χ3v) is 4.45. The van der Waals surface area contributed by atoms with Gasteiger partial charge in [0.2, 0.25) is 5.91 Å². The highest BCUT2D eigenvalue weighted by Gasteiger charge is 2.07. The molecule has 26 heavy (non-hydrogen) atoms. The topological polar surface area (TPSA) is 54.0 Å². The van der Waals surface area contributed by atoms with E-state index in [1.54, 1.807) is 12.3 Å². The summed E-state index contributed by atoms with van der Waals surface area (Å²) < 4.78 is 0. The fourth-order valence-corrected chi connectivity index (χ4v) is 2.78. The van der Waals surface area contributed by atoms with Gasteiger partial charge in [0.25, 0.3) is 0 Å². The van der Waals surface area contributed by atoms with Gasteiger partial charge in [0, 0.05) is 11.6 Å². The molecule has 0 unspecified atom stereocenters. The average molecular weight is 366 g/mol. The number of carbonyl (C=O) groups is 1. The van der Waals surface area contributed by atoms with Crippen molar-refractivity contribution >= 4 is 29.0 Å². The van der Waals surface area contributed by atoms with Crippen LogP contribution in [0.25, 0.3) is 0 Å². The fourth-order valence-electron chi connectivity index (χ4n) is 2.58. The van der Waals surface area contributed by atoms with Crippen LogP contribution < -0.4 is 10.6 Å². The summed E-state index contributed by atoms with van der Waals surface area (Å²) in [5.74, 6) is 0.454. The highest BCUT2D eigenvalue weighted by atomic mass is 35.5. The monoisotopic (exact) mass is 365 g/mol. The van der Waals surface area contributed by atoms with Crippen LogP contribution in [-0.4, -0.2) is 10.9 Å². The maximum Gasteiger partial charge on any atom is 0.229 e. The molecule has 0 bridgehead atoms. The predicted molar refractivity (Wildman–Crippen MR) is 107 cm³/mol. The number of nitrogens with zero attached hydrogens (tertiary/aromatic N) is 1. The van der Waals surface area contributed by atoms with E-state index in [1.165, 1.54) is 0 Å². The number of hydrogen-bond donors (Lipinski definition) is 2. The Labute approximate surface area is 158 Å². The minimum Gasteiger partial charge on any atom is -0.380 e. The molecular formula is C21H20ClN3O. The van der Waals surface area contributed by atoms with Crippen molar-refractivity contribution in [3.63, 3.8) is 0 Å². The Morgan fingerprint density at radius 1 is 1.00 bits per heavy atom. The second-order valence-corrected chi connectivity index (χ2v) is 6.44. The van der Waals surface area contributed by atoms with Crippen molar-refractivity contribution < 1.29 is 4.79 Å². The van der Waals surface area contributed by atoms with E-state index in [1.807, 2.05) is 61.5 Å². The van der Waals surface area contributed by atoms with Gasteiger partial charge in [0.05, 0.1) is 18.3 Å². The molecule has 1 heterocycles. The van der Waals surface area contributed by atoms with Crippen molar-refractivity contribution in [3.8, 4) is 0 Å². The second-order valence-electron chi connectivity index (χ2n) is 6.03. The molecule has 0 saturated heterocycles. The fraction of sp³-hybridized carbons (Fsp3) is 0.143. The van der Waals surface area contributed by atoms with E-state index < -0.39 is 0 Å². The minimum atomic E-state index is -0.0800. The first-order valence-corrected chi connectivity index (χ1v) is 8.77. The van der Waals surface area contributed by atoms with Crippen LogP contribution in [0.3, 0.4) is 0 Å². The number of halogens is 1. The van der Waals surface area contributed by atoms with E-state index in [0.29, 0.717) is 18.8 Å². The number of aryl methyl sites for hydroxylation is 1. The van der Waals surface area contributed by atoms with Gasteiger partial charge in [-0.05, 0) is 41.8 Å². The van der Waals surface area contributed by atoms with Crippen molar-refractivity contribution in [1.29, 1.82) is 0 Å². The number of benzene rings is 2. The number of rotatable bonds is 6. The van der Waals surface area contributed by atoms with Gasteiger partial charge < -0.3 is 10.6 Å². The Hall–Kier alpha value is -2.85. The molecule has 0 fully saturated rings. The van der Waals surface area contributed by atoms with E-state index in [2.05, 4.69) is 15.6 Å². The molecule has 0 atom stereocenters. The van der Waals surface area contributed by atoms with Gasteiger partial charge in [0.1, 0.15) is 5.82 Å². The Morgan fingerprint density at radius 3 is 2.42 bits per heavy atom.